The molecule has 100 valence electrons. The summed E-state index contributed by atoms with van der Waals surface area (Å²) >= 11 is 0. The maximum atomic E-state index is 13.7. The number of methoxy groups -OCH3 is 1. The summed E-state index contributed by atoms with van der Waals surface area (Å²) in [5, 5.41) is 0. The molecule has 0 radical (unpaired) electrons. The third-order valence-corrected chi connectivity index (χ3v) is 3.83. The smallest absolute Gasteiger partial charge is 0.165 e. The van der Waals surface area contributed by atoms with Gasteiger partial charge in [0.15, 0.2) is 11.6 Å². The molecule has 0 amide bonds. The molecule has 1 unspecified atom stereocenters. The van der Waals surface area contributed by atoms with Crippen molar-refractivity contribution in [2.24, 2.45) is 0 Å². The average Bonchev–Trinajstić information content (AvgIpc) is 2.38. The van der Waals surface area contributed by atoms with Crippen molar-refractivity contribution < 1.29 is 9.13 Å². The molecule has 1 aromatic carbocycles. The highest BCUT2D eigenvalue weighted by Gasteiger charge is 2.23. The summed E-state index contributed by atoms with van der Waals surface area (Å²) < 4.78 is 18.7. The molecular formula is C15H22FNO. The van der Waals surface area contributed by atoms with E-state index in [1.165, 1.54) is 13.5 Å². The molecule has 1 atom stereocenters. The van der Waals surface area contributed by atoms with E-state index in [9.17, 15) is 4.39 Å². The number of piperidine rings is 1. The summed E-state index contributed by atoms with van der Waals surface area (Å²) in [5.74, 6) is 0.522. The van der Waals surface area contributed by atoms with Gasteiger partial charge in [0, 0.05) is 12.6 Å². The van der Waals surface area contributed by atoms with Crippen molar-refractivity contribution in [1.82, 2.24) is 4.90 Å². The molecule has 18 heavy (non-hydrogen) atoms. The molecule has 1 heterocycles. The summed E-state index contributed by atoms with van der Waals surface area (Å²) in [4.78, 5) is 2.47. The molecule has 0 aromatic heterocycles. The van der Waals surface area contributed by atoms with E-state index in [-0.39, 0.29) is 5.82 Å². The number of halogens is 1. The molecule has 3 heteroatoms. The molecule has 0 aliphatic carbocycles. The minimum atomic E-state index is -0.253. The number of hydrogen-bond donors (Lipinski definition) is 0. The summed E-state index contributed by atoms with van der Waals surface area (Å²) in [7, 11) is 1.50. The van der Waals surface area contributed by atoms with Gasteiger partial charge in [-0.25, -0.2) is 4.39 Å². The lowest BCUT2D eigenvalue weighted by Crippen LogP contribution is -2.39. The Morgan fingerprint density at radius 2 is 2.17 bits per heavy atom. The number of nitrogens with zero attached hydrogens (tertiary/aromatic N) is 1. The zero-order chi connectivity index (χ0) is 13.1. The number of likely N-dealkylation sites (tertiary alicyclic amines) is 1. The SMILES string of the molecule is COc1ccc(C2CCCN(C(C)C)C2)cc1F. The van der Waals surface area contributed by atoms with Crippen molar-refractivity contribution in [3.8, 4) is 5.75 Å². The quantitative estimate of drug-likeness (QED) is 0.816. The van der Waals surface area contributed by atoms with Crippen molar-refractivity contribution >= 4 is 0 Å². The Labute approximate surface area is 109 Å². The van der Waals surface area contributed by atoms with Crippen molar-refractivity contribution in [1.29, 1.82) is 0 Å². The van der Waals surface area contributed by atoms with Gasteiger partial charge in [-0.15, -0.1) is 0 Å². The second-order valence-corrected chi connectivity index (χ2v) is 5.32. The van der Waals surface area contributed by atoms with Gasteiger partial charge in [0.05, 0.1) is 7.11 Å². The van der Waals surface area contributed by atoms with Crippen LogP contribution in [-0.2, 0) is 0 Å². The number of rotatable bonds is 3. The Morgan fingerprint density at radius 3 is 2.78 bits per heavy atom. The predicted molar refractivity (Wildman–Crippen MR) is 71.6 cm³/mol. The topological polar surface area (TPSA) is 12.5 Å². The highest BCUT2D eigenvalue weighted by Crippen LogP contribution is 2.30. The maximum Gasteiger partial charge on any atom is 0.165 e. The van der Waals surface area contributed by atoms with E-state index in [2.05, 4.69) is 18.7 Å². The van der Waals surface area contributed by atoms with Crippen molar-refractivity contribution in [2.45, 2.75) is 38.6 Å². The predicted octanol–water partition coefficient (Wildman–Crippen LogP) is 3.42. The number of hydrogen-bond acceptors (Lipinski definition) is 2. The van der Waals surface area contributed by atoms with E-state index in [0.29, 0.717) is 17.7 Å². The van der Waals surface area contributed by atoms with Crippen LogP contribution in [0.1, 0.15) is 38.2 Å². The minimum Gasteiger partial charge on any atom is -0.494 e. The van der Waals surface area contributed by atoms with Crippen molar-refractivity contribution in [2.75, 3.05) is 20.2 Å². The minimum absolute atomic E-state index is 0.253. The van der Waals surface area contributed by atoms with Crippen LogP contribution in [0.3, 0.4) is 0 Å². The third kappa shape index (κ3) is 2.83. The Hall–Kier alpha value is -1.09. The zero-order valence-electron chi connectivity index (χ0n) is 11.4. The fourth-order valence-corrected chi connectivity index (χ4v) is 2.68. The Bertz CT molecular complexity index is 405. The molecule has 1 saturated heterocycles. The lowest BCUT2D eigenvalue weighted by atomic mass is 9.90. The van der Waals surface area contributed by atoms with E-state index in [1.54, 1.807) is 12.1 Å². The molecule has 1 aromatic rings. The molecule has 1 aliphatic heterocycles. The third-order valence-electron chi connectivity index (χ3n) is 3.83. The van der Waals surface area contributed by atoms with Gasteiger partial charge in [0.25, 0.3) is 0 Å². The van der Waals surface area contributed by atoms with Gasteiger partial charge in [-0.05, 0) is 56.8 Å². The Kier molecular flexibility index (Phi) is 4.23. The van der Waals surface area contributed by atoms with Gasteiger partial charge in [-0.3, -0.25) is 0 Å². The zero-order valence-corrected chi connectivity index (χ0v) is 11.4. The van der Waals surface area contributed by atoms with Gasteiger partial charge in [-0.2, -0.15) is 0 Å². The van der Waals surface area contributed by atoms with Crippen LogP contribution in [0, 0.1) is 5.82 Å². The normalized spacial score (nSPS) is 21.3. The molecule has 0 bridgehead atoms. The first-order valence-electron chi connectivity index (χ1n) is 6.69. The van der Waals surface area contributed by atoms with Crippen LogP contribution in [0.25, 0.3) is 0 Å². The lowest BCUT2D eigenvalue weighted by Gasteiger charge is -2.35. The summed E-state index contributed by atoms with van der Waals surface area (Å²) in [6.45, 7) is 6.63. The Morgan fingerprint density at radius 1 is 1.39 bits per heavy atom. The largest absolute Gasteiger partial charge is 0.494 e. The average molecular weight is 251 g/mol. The van der Waals surface area contributed by atoms with Gasteiger partial charge in [0.1, 0.15) is 0 Å². The molecule has 0 saturated carbocycles. The molecule has 1 fully saturated rings. The summed E-state index contributed by atoms with van der Waals surface area (Å²) in [5.41, 5.74) is 1.10. The van der Waals surface area contributed by atoms with Crippen molar-refractivity contribution in [3.05, 3.63) is 29.6 Å². The molecule has 2 rings (SSSR count). The fourth-order valence-electron chi connectivity index (χ4n) is 2.68. The van der Waals surface area contributed by atoms with E-state index < -0.39 is 0 Å². The first-order valence-corrected chi connectivity index (χ1v) is 6.69. The second-order valence-electron chi connectivity index (χ2n) is 5.32. The molecular weight excluding hydrogens is 229 g/mol. The van der Waals surface area contributed by atoms with Crippen LogP contribution in [0.4, 0.5) is 4.39 Å². The highest BCUT2D eigenvalue weighted by atomic mass is 19.1. The van der Waals surface area contributed by atoms with Crippen LogP contribution in [0.2, 0.25) is 0 Å². The molecule has 0 N–H and O–H groups in total. The van der Waals surface area contributed by atoms with Crippen molar-refractivity contribution in [3.63, 3.8) is 0 Å². The molecule has 0 spiro atoms. The van der Waals surface area contributed by atoms with Gasteiger partial charge in [-0.1, -0.05) is 6.07 Å². The lowest BCUT2D eigenvalue weighted by molar-refractivity contribution is 0.167. The van der Waals surface area contributed by atoms with E-state index in [4.69, 9.17) is 4.74 Å². The second kappa shape index (κ2) is 5.70. The first-order chi connectivity index (χ1) is 8.61. The van der Waals surface area contributed by atoms with Gasteiger partial charge in [0.2, 0.25) is 0 Å². The van der Waals surface area contributed by atoms with Crippen LogP contribution in [0.5, 0.6) is 5.75 Å². The monoisotopic (exact) mass is 251 g/mol. The van der Waals surface area contributed by atoms with Crippen LogP contribution >= 0.6 is 0 Å². The Balaban J connectivity index is 2.13. The van der Waals surface area contributed by atoms with Crippen LogP contribution in [0.15, 0.2) is 18.2 Å². The first kappa shape index (κ1) is 13.3. The highest BCUT2D eigenvalue weighted by molar-refractivity contribution is 5.31. The number of benzene rings is 1. The summed E-state index contributed by atoms with van der Waals surface area (Å²) in [6.07, 6.45) is 2.34. The van der Waals surface area contributed by atoms with Crippen LogP contribution < -0.4 is 4.74 Å². The maximum absolute atomic E-state index is 13.7. The standard InChI is InChI=1S/C15H22FNO/c1-11(2)17-8-4-5-13(10-17)12-6-7-15(18-3)14(16)9-12/h6-7,9,11,13H,4-5,8,10H2,1-3H3. The number of ether oxygens (including phenoxy) is 1. The van der Waals surface area contributed by atoms with E-state index in [1.807, 2.05) is 6.07 Å². The van der Waals surface area contributed by atoms with Gasteiger partial charge >= 0.3 is 0 Å². The van der Waals surface area contributed by atoms with E-state index >= 15 is 0 Å². The fraction of sp³-hybridized carbons (Fsp3) is 0.600. The summed E-state index contributed by atoms with van der Waals surface area (Å²) in [6, 6.07) is 5.93. The molecule has 1 aliphatic rings. The molecule has 2 nitrogen and oxygen atoms in total. The van der Waals surface area contributed by atoms with Crippen LogP contribution in [-0.4, -0.2) is 31.1 Å². The van der Waals surface area contributed by atoms with E-state index in [0.717, 1.165) is 25.1 Å². The van der Waals surface area contributed by atoms with Gasteiger partial charge < -0.3 is 9.64 Å².